The Labute approximate surface area is 242 Å². The van der Waals surface area contributed by atoms with E-state index in [0.717, 1.165) is 59.8 Å². The van der Waals surface area contributed by atoms with Crippen LogP contribution in [-0.4, -0.2) is 54.6 Å². The lowest BCUT2D eigenvalue weighted by atomic mass is 9.94. The van der Waals surface area contributed by atoms with Crippen LogP contribution in [0.25, 0.3) is 17.1 Å². The molecule has 0 unspecified atom stereocenters. The van der Waals surface area contributed by atoms with Crippen LogP contribution in [0.4, 0.5) is 8.78 Å². The number of aromatic nitrogens is 4. The van der Waals surface area contributed by atoms with Crippen LogP contribution < -0.4 is 0 Å². The summed E-state index contributed by atoms with van der Waals surface area (Å²) in [6.07, 6.45) is 1.69. The molecule has 4 heterocycles. The first-order valence-corrected chi connectivity index (χ1v) is 13.7. The summed E-state index contributed by atoms with van der Waals surface area (Å²) >= 11 is 0. The highest BCUT2D eigenvalue weighted by Gasteiger charge is 2.31. The quantitative estimate of drug-likeness (QED) is 0.276. The number of benzene rings is 2. The molecule has 2 aliphatic rings. The third kappa shape index (κ3) is 5.66. The first kappa shape index (κ1) is 27.3. The Morgan fingerprint density at radius 2 is 1.83 bits per heavy atom. The van der Waals surface area contributed by atoms with Gasteiger partial charge in [0.05, 0.1) is 5.71 Å². The lowest BCUT2D eigenvalue weighted by Gasteiger charge is -2.38. The summed E-state index contributed by atoms with van der Waals surface area (Å²) in [7, 11) is 0. The van der Waals surface area contributed by atoms with Gasteiger partial charge in [-0.2, -0.15) is 10.2 Å². The number of pyridine rings is 1. The molecule has 212 valence electrons. The molecule has 1 N–H and O–H groups in total. The average Bonchev–Trinajstić information content (AvgIpc) is 3.42. The number of H-pyrrole nitrogens is 1. The molecular formula is C32H30F2N8. The van der Waals surface area contributed by atoms with Crippen LogP contribution in [0.15, 0.2) is 89.4 Å². The molecule has 4 aromatic rings. The molecule has 0 atom stereocenters. The number of allylic oxidation sites excluding steroid dienone is 1. The summed E-state index contributed by atoms with van der Waals surface area (Å²) in [6.45, 7) is 12.2. The Balaban J connectivity index is 1.15. The van der Waals surface area contributed by atoms with Crippen molar-refractivity contribution in [3.63, 3.8) is 0 Å². The van der Waals surface area contributed by atoms with Gasteiger partial charge in [-0.05, 0) is 50.6 Å². The standard InChI is InChI=1S/C32H30F2N8/c1-19(2)40-42-18-27(26-13-12-25(33)14-28(26)34)30(36-21(42)4)23-10-8-22(9-11-23)15-41-16-24(17-41)31-37-32(39-38-31)29-7-5-6-20(3)35-29/h5-14,18,24H,4,15-17H2,1-3H3,(H,37,38,39). The van der Waals surface area contributed by atoms with Gasteiger partial charge in [0.15, 0.2) is 5.82 Å². The molecule has 6 rings (SSSR count). The van der Waals surface area contributed by atoms with Crippen molar-refractivity contribution < 1.29 is 8.78 Å². The smallest absolute Gasteiger partial charge is 0.199 e. The van der Waals surface area contributed by atoms with E-state index in [1.54, 1.807) is 6.20 Å². The van der Waals surface area contributed by atoms with Crippen molar-refractivity contribution in [3.8, 4) is 11.5 Å². The average molecular weight is 565 g/mol. The minimum atomic E-state index is -0.670. The van der Waals surface area contributed by atoms with Gasteiger partial charge < -0.3 is 0 Å². The topological polar surface area (TPSA) is 85.7 Å². The number of nitrogens with zero attached hydrogens (tertiary/aromatic N) is 7. The number of likely N-dealkylation sites (tertiary alicyclic amines) is 1. The minimum Gasteiger partial charge on any atom is -0.298 e. The van der Waals surface area contributed by atoms with E-state index in [9.17, 15) is 8.78 Å². The van der Waals surface area contributed by atoms with Crippen LogP contribution in [0.1, 0.15) is 48.0 Å². The molecule has 10 heteroatoms. The molecule has 0 bridgehead atoms. The summed E-state index contributed by atoms with van der Waals surface area (Å²) in [6, 6.07) is 17.4. The summed E-state index contributed by atoms with van der Waals surface area (Å²) in [4.78, 5) is 16.2. The number of aliphatic imine (C=N–C) groups is 1. The normalized spacial score (nSPS) is 15.7. The summed E-state index contributed by atoms with van der Waals surface area (Å²) in [5.41, 5.74) is 5.70. The predicted octanol–water partition coefficient (Wildman–Crippen LogP) is 6.07. The van der Waals surface area contributed by atoms with Crippen LogP contribution in [-0.2, 0) is 6.54 Å². The monoisotopic (exact) mass is 564 g/mol. The van der Waals surface area contributed by atoms with E-state index in [0.29, 0.717) is 22.9 Å². The third-order valence-electron chi connectivity index (χ3n) is 7.14. The highest BCUT2D eigenvalue weighted by molar-refractivity contribution is 6.32. The molecule has 8 nitrogen and oxygen atoms in total. The van der Waals surface area contributed by atoms with E-state index >= 15 is 0 Å². The highest BCUT2D eigenvalue weighted by Crippen LogP contribution is 2.31. The molecule has 0 amide bonds. The Morgan fingerprint density at radius 1 is 1.05 bits per heavy atom. The molecule has 2 aromatic carbocycles. The van der Waals surface area contributed by atoms with Crippen LogP contribution >= 0.6 is 0 Å². The Hall–Kier alpha value is -4.83. The molecule has 2 aromatic heterocycles. The van der Waals surface area contributed by atoms with E-state index in [4.69, 9.17) is 0 Å². The molecular weight excluding hydrogens is 534 g/mol. The molecule has 1 fully saturated rings. The van der Waals surface area contributed by atoms with E-state index in [1.807, 2.05) is 63.2 Å². The highest BCUT2D eigenvalue weighted by atomic mass is 19.1. The predicted molar refractivity (Wildman–Crippen MR) is 159 cm³/mol. The maximum atomic E-state index is 14.9. The van der Waals surface area contributed by atoms with Crippen LogP contribution in [0.2, 0.25) is 0 Å². The fraction of sp³-hybridized carbons (Fsp3) is 0.219. The largest absolute Gasteiger partial charge is 0.298 e. The zero-order chi connectivity index (χ0) is 29.4. The van der Waals surface area contributed by atoms with Crippen LogP contribution in [0.5, 0.6) is 0 Å². The van der Waals surface area contributed by atoms with E-state index in [1.165, 1.54) is 17.1 Å². The van der Waals surface area contributed by atoms with E-state index < -0.39 is 11.6 Å². The maximum Gasteiger partial charge on any atom is 0.199 e. The molecule has 0 radical (unpaired) electrons. The van der Waals surface area contributed by atoms with Crippen LogP contribution in [0, 0.1) is 18.6 Å². The fourth-order valence-electron chi connectivity index (χ4n) is 5.06. The number of hydrogen-bond donors (Lipinski definition) is 1. The Kier molecular flexibility index (Phi) is 7.30. The number of rotatable bonds is 7. The maximum absolute atomic E-state index is 14.9. The van der Waals surface area contributed by atoms with Gasteiger partial charge >= 0.3 is 0 Å². The van der Waals surface area contributed by atoms with Gasteiger partial charge in [0, 0.05) is 65.9 Å². The first-order chi connectivity index (χ1) is 20.2. The van der Waals surface area contributed by atoms with Crippen molar-refractivity contribution in [2.45, 2.75) is 33.2 Å². The zero-order valence-corrected chi connectivity index (χ0v) is 23.6. The Morgan fingerprint density at radius 3 is 2.55 bits per heavy atom. The van der Waals surface area contributed by atoms with E-state index in [-0.39, 0.29) is 11.5 Å². The van der Waals surface area contributed by atoms with Crippen molar-refractivity contribution in [3.05, 3.63) is 119 Å². The molecule has 0 saturated carbocycles. The van der Waals surface area contributed by atoms with Gasteiger partial charge in [0.1, 0.15) is 29.0 Å². The second-order valence-electron chi connectivity index (χ2n) is 10.7. The molecule has 0 aliphatic carbocycles. The lowest BCUT2D eigenvalue weighted by Crippen LogP contribution is -2.44. The number of halogens is 2. The fourth-order valence-corrected chi connectivity index (χ4v) is 5.06. The number of hydrogen-bond acceptors (Lipinski definition) is 7. The molecule has 0 spiro atoms. The molecule has 2 aliphatic heterocycles. The second kappa shape index (κ2) is 11.2. The molecule has 42 heavy (non-hydrogen) atoms. The minimum absolute atomic E-state index is 0.237. The lowest BCUT2D eigenvalue weighted by molar-refractivity contribution is 0.135. The van der Waals surface area contributed by atoms with Gasteiger partial charge in [0.25, 0.3) is 0 Å². The summed E-state index contributed by atoms with van der Waals surface area (Å²) < 4.78 is 28.6. The van der Waals surface area contributed by atoms with Crippen molar-refractivity contribution >= 4 is 17.0 Å². The molecule has 1 saturated heterocycles. The number of nitrogens with one attached hydrogen (secondary N) is 1. The van der Waals surface area contributed by atoms with Gasteiger partial charge in [-0.25, -0.2) is 28.8 Å². The number of aromatic amines is 1. The third-order valence-corrected chi connectivity index (χ3v) is 7.14. The van der Waals surface area contributed by atoms with Crippen molar-refractivity contribution in [1.29, 1.82) is 0 Å². The van der Waals surface area contributed by atoms with Gasteiger partial charge in [0.2, 0.25) is 0 Å². The summed E-state index contributed by atoms with van der Waals surface area (Å²) in [5.74, 6) is 0.871. The van der Waals surface area contributed by atoms with Crippen molar-refractivity contribution in [2.75, 3.05) is 13.1 Å². The van der Waals surface area contributed by atoms with E-state index in [2.05, 4.69) is 41.7 Å². The second-order valence-corrected chi connectivity index (χ2v) is 10.7. The number of aryl methyl sites for hydroxylation is 1. The number of hydrazone groups is 1. The zero-order valence-electron chi connectivity index (χ0n) is 23.6. The van der Waals surface area contributed by atoms with Gasteiger partial charge in [-0.15, -0.1) is 0 Å². The van der Waals surface area contributed by atoms with Gasteiger partial charge in [-0.1, -0.05) is 36.9 Å². The summed E-state index contributed by atoms with van der Waals surface area (Å²) in [5, 5.41) is 13.4. The SMILES string of the molecule is C=C1N=C(c2ccc(CN3CC(c4nc(-c5cccc(C)n5)n[nH]4)C3)cc2)C(c2ccc(F)cc2F)=CN1N=C(C)C. The van der Waals surface area contributed by atoms with Gasteiger partial charge in [-0.3, -0.25) is 10.00 Å². The van der Waals surface area contributed by atoms with Crippen molar-refractivity contribution in [1.82, 2.24) is 30.1 Å². The van der Waals surface area contributed by atoms with Crippen molar-refractivity contribution in [2.24, 2.45) is 10.1 Å². The Bertz CT molecular complexity index is 1740. The van der Waals surface area contributed by atoms with Crippen LogP contribution in [0.3, 0.4) is 0 Å². The first-order valence-electron chi connectivity index (χ1n) is 13.7.